The Labute approximate surface area is 142 Å². The van der Waals surface area contributed by atoms with Crippen molar-refractivity contribution in [1.82, 2.24) is 4.98 Å². The van der Waals surface area contributed by atoms with Crippen LogP contribution >= 0.6 is 0 Å². The number of pyridine rings is 1. The lowest BCUT2D eigenvalue weighted by Gasteiger charge is -2.22. The van der Waals surface area contributed by atoms with Gasteiger partial charge in [-0.25, -0.2) is 0 Å². The molecule has 0 fully saturated rings. The number of hydrogen-bond donors (Lipinski definition) is 1. The maximum atomic E-state index is 13.0. The number of nitrogens with zero attached hydrogens (tertiary/aromatic N) is 2. The monoisotopic (exact) mass is 376 g/mol. The van der Waals surface area contributed by atoms with Crippen molar-refractivity contribution in [2.45, 2.75) is 24.6 Å². The Morgan fingerprint density at radius 2 is 1.58 bits per heavy atom. The van der Waals surface area contributed by atoms with E-state index in [1.54, 1.807) is 0 Å². The van der Waals surface area contributed by atoms with Gasteiger partial charge in [0.15, 0.2) is 0 Å². The van der Waals surface area contributed by atoms with Gasteiger partial charge in [0, 0.05) is 11.8 Å². The number of oxime groups is 1. The highest BCUT2D eigenvalue weighted by Gasteiger charge is 2.60. The van der Waals surface area contributed by atoms with Crippen molar-refractivity contribution in [2.75, 3.05) is 0 Å². The highest BCUT2D eigenvalue weighted by Crippen LogP contribution is 2.39. The highest BCUT2D eigenvalue weighted by atomic mass is 19.4. The molecule has 4 nitrogen and oxygen atoms in total. The molecule has 0 spiro atoms. The molecule has 1 unspecified atom stereocenters. The molecule has 1 N–H and O–H groups in total. The molecule has 0 radical (unpaired) electrons. The molecule has 1 aliphatic heterocycles. The molecular formula is C16H10F6N2O2. The van der Waals surface area contributed by atoms with E-state index in [0.29, 0.717) is 0 Å². The summed E-state index contributed by atoms with van der Waals surface area (Å²) in [7, 11) is 0. The fourth-order valence-electron chi connectivity index (χ4n) is 2.41. The van der Waals surface area contributed by atoms with Crippen molar-refractivity contribution in [3.63, 3.8) is 0 Å². The van der Waals surface area contributed by atoms with Gasteiger partial charge in [0.1, 0.15) is 0 Å². The topological polar surface area (TPSA) is 54.7 Å². The third kappa shape index (κ3) is 3.24. The van der Waals surface area contributed by atoms with Crippen LogP contribution in [0.3, 0.4) is 0 Å². The minimum atomic E-state index is -5.03. The summed E-state index contributed by atoms with van der Waals surface area (Å²) in [6.07, 6.45) is -9.35. The van der Waals surface area contributed by atoms with Gasteiger partial charge < -0.3 is 9.94 Å². The zero-order valence-corrected chi connectivity index (χ0v) is 12.8. The Balaban J connectivity index is 1.88. The first kappa shape index (κ1) is 18.2. The molecule has 10 heteroatoms. The van der Waals surface area contributed by atoms with Crippen molar-refractivity contribution in [3.8, 4) is 11.3 Å². The summed E-state index contributed by atoms with van der Waals surface area (Å²) in [6, 6.07) is 7.17. The van der Waals surface area contributed by atoms with E-state index >= 15 is 0 Å². The molecule has 0 bridgehead atoms. The summed E-state index contributed by atoms with van der Waals surface area (Å²) in [5.74, 6) is -3.41. The predicted molar refractivity (Wildman–Crippen MR) is 77.9 cm³/mol. The smallest absolute Gasteiger partial charge is 0.350 e. The van der Waals surface area contributed by atoms with Gasteiger partial charge in [0.2, 0.25) is 0 Å². The lowest BCUT2D eigenvalue weighted by atomic mass is 9.99. The fraction of sp³-hybridized carbons (Fsp3) is 0.250. The number of aromatic nitrogens is 1. The van der Waals surface area contributed by atoms with Crippen LogP contribution in [-0.4, -0.2) is 27.8 Å². The number of alkyl halides is 6. The second-order valence-corrected chi connectivity index (χ2v) is 5.56. The standard InChI is InChI=1S/C16H10F6N2O2/c17-15(18,19)11-2-1-7-23-13(11)10-5-3-9(4-6-10)12-8-14(25,26-24-12)16(20,21)22/h1-7,25H,8H2. The SMILES string of the molecule is OC1(C(F)(F)F)CC(c2ccc(-c3ncccc3C(F)(F)F)cc2)=NO1. The summed E-state index contributed by atoms with van der Waals surface area (Å²) >= 11 is 0. The second-order valence-electron chi connectivity index (χ2n) is 5.56. The van der Waals surface area contributed by atoms with Gasteiger partial charge in [-0.2, -0.15) is 26.3 Å². The summed E-state index contributed by atoms with van der Waals surface area (Å²) in [4.78, 5) is 7.84. The Kier molecular flexibility index (Phi) is 4.18. The molecule has 0 saturated heterocycles. The van der Waals surface area contributed by atoms with Crippen LogP contribution in [0.1, 0.15) is 17.5 Å². The van der Waals surface area contributed by atoms with E-state index in [2.05, 4.69) is 15.0 Å². The van der Waals surface area contributed by atoms with Gasteiger partial charge >= 0.3 is 18.1 Å². The number of benzene rings is 1. The predicted octanol–water partition coefficient (Wildman–Crippen LogP) is 4.14. The highest BCUT2D eigenvalue weighted by molar-refractivity contribution is 6.01. The number of aliphatic hydroxyl groups is 1. The van der Waals surface area contributed by atoms with Crippen molar-refractivity contribution in [1.29, 1.82) is 0 Å². The van der Waals surface area contributed by atoms with E-state index in [9.17, 15) is 31.4 Å². The van der Waals surface area contributed by atoms with Gasteiger partial charge in [-0.05, 0) is 17.7 Å². The van der Waals surface area contributed by atoms with Crippen LogP contribution in [0.15, 0.2) is 47.8 Å². The molecule has 0 aliphatic carbocycles. The van der Waals surface area contributed by atoms with Crippen molar-refractivity contribution >= 4 is 5.71 Å². The molecule has 1 aromatic carbocycles. The van der Waals surface area contributed by atoms with Gasteiger partial charge in [-0.1, -0.05) is 29.4 Å². The molecule has 1 atom stereocenters. The minimum Gasteiger partial charge on any atom is -0.350 e. The number of hydrogen-bond acceptors (Lipinski definition) is 4. The molecule has 1 aromatic heterocycles. The van der Waals surface area contributed by atoms with E-state index in [0.717, 1.165) is 12.1 Å². The van der Waals surface area contributed by atoms with E-state index in [-0.39, 0.29) is 22.5 Å². The number of rotatable bonds is 2. The molecule has 3 rings (SSSR count). The third-order valence-electron chi connectivity index (χ3n) is 3.76. The molecule has 1 aliphatic rings. The molecule has 138 valence electrons. The zero-order valence-electron chi connectivity index (χ0n) is 12.8. The van der Waals surface area contributed by atoms with Gasteiger partial charge in [-0.3, -0.25) is 4.98 Å². The molecule has 0 saturated carbocycles. The Hall–Kier alpha value is -2.62. The Morgan fingerprint density at radius 3 is 2.12 bits per heavy atom. The molecule has 2 aromatic rings. The first-order chi connectivity index (χ1) is 12.0. The van der Waals surface area contributed by atoms with Gasteiger partial charge in [0.05, 0.1) is 23.4 Å². The average molecular weight is 376 g/mol. The van der Waals surface area contributed by atoms with E-state index in [4.69, 9.17) is 0 Å². The van der Waals surface area contributed by atoms with E-state index in [1.807, 2.05) is 0 Å². The van der Waals surface area contributed by atoms with E-state index in [1.165, 1.54) is 30.5 Å². The summed E-state index contributed by atoms with van der Waals surface area (Å²) < 4.78 is 77.3. The van der Waals surface area contributed by atoms with Crippen molar-refractivity contribution < 1.29 is 36.3 Å². The maximum absolute atomic E-state index is 13.0. The van der Waals surface area contributed by atoms with Gasteiger partial charge in [-0.15, -0.1) is 0 Å². The maximum Gasteiger partial charge on any atom is 0.458 e. The van der Waals surface area contributed by atoms with E-state index < -0.39 is 30.1 Å². The quantitative estimate of drug-likeness (QED) is 0.802. The Morgan fingerprint density at radius 1 is 0.962 bits per heavy atom. The minimum absolute atomic E-state index is 0.132. The van der Waals surface area contributed by atoms with Crippen LogP contribution in [-0.2, 0) is 11.0 Å². The van der Waals surface area contributed by atoms with Crippen LogP contribution < -0.4 is 0 Å². The van der Waals surface area contributed by atoms with Crippen molar-refractivity contribution in [2.24, 2.45) is 5.16 Å². The second kappa shape index (κ2) is 5.97. The van der Waals surface area contributed by atoms with Crippen LogP contribution in [0.4, 0.5) is 26.3 Å². The fourth-order valence-corrected chi connectivity index (χ4v) is 2.41. The lowest BCUT2D eigenvalue weighted by Crippen LogP contribution is -2.45. The average Bonchev–Trinajstić information content (AvgIpc) is 2.98. The normalized spacial score (nSPS) is 20.7. The van der Waals surface area contributed by atoms with Crippen molar-refractivity contribution in [3.05, 3.63) is 53.7 Å². The Bertz CT molecular complexity index is 845. The summed E-state index contributed by atoms with van der Waals surface area (Å²) in [5, 5.41) is 12.7. The zero-order chi connectivity index (χ0) is 19.2. The lowest BCUT2D eigenvalue weighted by molar-refractivity contribution is -0.355. The molecule has 26 heavy (non-hydrogen) atoms. The molecule has 0 amide bonds. The largest absolute Gasteiger partial charge is 0.458 e. The summed E-state index contributed by atoms with van der Waals surface area (Å²) in [5.41, 5.74) is -1.09. The number of halogens is 6. The van der Waals surface area contributed by atoms with Crippen LogP contribution in [0.25, 0.3) is 11.3 Å². The van der Waals surface area contributed by atoms with Crippen LogP contribution in [0.2, 0.25) is 0 Å². The first-order valence-corrected chi connectivity index (χ1v) is 7.18. The third-order valence-corrected chi connectivity index (χ3v) is 3.76. The first-order valence-electron chi connectivity index (χ1n) is 7.18. The van der Waals surface area contributed by atoms with Crippen LogP contribution in [0.5, 0.6) is 0 Å². The van der Waals surface area contributed by atoms with Crippen LogP contribution in [0, 0.1) is 0 Å². The molecule has 2 heterocycles. The summed E-state index contributed by atoms with van der Waals surface area (Å²) in [6.45, 7) is 0. The molecular weight excluding hydrogens is 366 g/mol. The van der Waals surface area contributed by atoms with Gasteiger partial charge in [0.25, 0.3) is 0 Å².